The van der Waals surface area contributed by atoms with E-state index in [0.717, 1.165) is 17.2 Å². The van der Waals surface area contributed by atoms with Crippen molar-refractivity contribution < 1.29 is 23.0 Å². The average Bonchev–Trinajstić information content (AvgIpc) is 2.67. The third-order valence-electron chi connectivity index (χ3n) is 3.52. The van der Waals surface area contributed by atoms with E-state index in [-0.39, 0.29) is 36.0 Å². The van der Waals surface area contributed by atoms with Gasteiger partial charge in [-0.15, -0.1) is 11.8 Å². The van der Waals surface area contributed by atoms with Gasteiger partial charge in [0.2, 0.25) is 0 Å². The molecular formula is C20H20F2N2O3S. The number of thioether (sulfide) groups is 1. The van der Waals surface area contributed by atoms with Gasteiger partial charge in [-0.25, -0.2) is 13.6 Å². The number of hydrogen-bond acceptors (Lipinski definition) is 6. The molecule has 0 spiro atoms. The minimum atomic E-state index is -0.623. The van der Waals surface area contributed by atoms with E-state index in [2.05, 4.69) is 4.99 Å². The predicted molar refractivity (Wildman–Crippen MR) is 106 cm³/mol. The first-order chi connectivity index (χ1) is 13.5. The summed E-state index contributed by atoms with van der Waals surface area (Å²) in [7, 11) is 0. The molecule has 2 N–H and O–H groups in total. The molecule has 0 bridgehead atoms. The molecule has 0 aromatic heterocycles. The van der Waals surface area contributed by atoms with Crippen LogP contribution in [-0.4, -0.2) is 25.0 Å². The summed E-state index contributed by atoms with van der Waals surface area (Å²) < 4.78 is 37.8. The van der Waals surface area contributed by atoms with Crippen LogP contribution < -0.4 is 10.5 Å². The Morgan fingerprint density at radius 3 is 2.68 bits per heavy atom. The van der Waals surface area contributed by atoms with Crippen LogP contribution in [0.5, 0.6) is 5.75 Å². The van der Waals surface area contributed by atoms with E-state index in [4.69, 9.17) is 15.2 Å². The molecule has 28 heavy (non-hydrogen) atoms. The van der Waals surface area contributed by atoms with Crippen molar-refractivity contribution in [2.75, 3.05) is 12.9 Å². The van der Waals surface area contributed by atoms with E-state index in [1.807, 2.05) is 6.26 Å². The van der Waals surface area contributed by atoms with Crippen LogP contribution in [0, 0.1) is 11.6 Å². The normalized spacial score (nSPS) is 11.6. The summed E-state index contributed by atoms with van der Waals surface area (Å²) in [6.45, 7) is 1.89. The Bertz CT molecular complexity index is 901. The Hall–Kier alpha value is -2.87. The van der Waals surface area contributed by atoms with Crippen LogP contribution in [0.4, 0.5) is 14.5 Å². The van der Waals surface area contributed by atoms with Crippen molar-refractivity contribution in [2.45, 2.75) is 18.4 Å². The van der Waals surface area contributed by atoms with Gasteiger partial charge in [0.25, 0.3) is 0 Å². The van der Waals surface area contributed by atoms with Gasteiger partial charge < -0.3 is 15.2 Å². The van der Waals surface area contributed by atoms with Gasteiger partial charge in [0, 0.05) is 23.4 Å². The fourth-order valence-corrected chi connectivity index (χ4v) is 2.71. The lowest BCUT2D eigenvalue weighted by Crippen LogP contribution is -2.10. The van der Waals surface area contributed by atoms with Crippen molar-refractivity contribution in [1.29, 1.82) is 0 Å². The van der Waals surface area contributed by atoms with Crippen LogP contribution in [0.25, 0.3) is 0 Å². The SMILES string of the molecule is CCOC(=O)/C(C=Nc1ccc(F)cc1OCc1cc(F)cc(SC)c1)=C/N. The van der Waals surface area contributed by atoms with Crippen LogP contribution in [0.15, 0.2) is 58.1 Å². The summed E-state index contributed by atoms with van der Waals surface area (Å²) in [6, 6.07) is 8.33. The maximum atomic E-state index is 13.7. The van der Waals surface area contributed by atoms with Gasteiger partial charge in [-0.3, -0.25) is 4.99 Å². The van der Waals surface area contributed by atoms with Gasteiger partial charge in [-0.2, -0.15) is 0 Å². The minimum Gasteiger partial charge on any atom is -0.487 e. The monoisotopic (exact) mass is 406 g/mol. The highest BCUT2D eigenvalue weighted by Crippen LogP contribution is 2.29. The number of aliphatic imine (C=N–C) groups is 1. The molecule has 5 nitrogen and oxygen atoms in total. The predicted octanol–water partition coefficient (Wildman–Crippen LogP) is 4.37. The topological polar surface area (TPSA) is 73.9 Å². The van der Waals surface area contributed by atoms with Crippen LogP contribution in [0.2, 0.25) is 0 Å². The number of halogens is 2. The Morgan fingerprint density at radius 2 is 2.00 bits per heavy atom. The maximum absolute atomic E-state index is 13.7. The summed E-state index contributed by atoms with van der Waals surface area (Å²) in [4.78, 5) is 16.6. The Morgan fingerprint density at radius 1 is 1.21 bits per heavy atom. The smallest absolute Gasteiger partial charge is 0.341 e. The molecule has 0 radical (unpaired) electrons. The minimum absolute atomic E-state index is 0.0226. The van der Waals surface area contributed by atoms with E-state index >= 15 is 0 Å². The number of nitrogens with zero attached hydrogens (tertiary/aromatic N) is 1. The van der Waals surface area contributed by atoms with Gasteiger partial charge in [-0.1, -0.05) is 0 Å². The van der Waals surface area contributed by atoms with Crippen LogP contribution in [0.3, 0.4) is 0 Å². The van der Waals surface area contributed by atoms with Crippen molar-refractivity contribution in [3.63, 3.8) is 0 Å². The van der Waals surface area contributed by atoms with Crippen LogP contribution >= 0.6 is 11.8 Å². The van der Waals surface area contributed by atoms with Gasteiger partial charge in [-0.05, 0) is 49.1 Å². The highest BCUT2D eigenvalue weighted by Gasteiger charge is 2.10. The molecule has 0 atom stereocenters. The number of ether oxygens (including phenoxy) is 2. The summed E-state index contributed by atoms with van der Waals surface area (Å²) in [5, 5.41) is 0. The van der Waals surface area contributed by atoms with Gasteiger partial charge in [0.15, 0.2) is 0 Å². The number of esters is 1. The Kier molecular flexibility index (Phi) is 8.01. The lowest BCUT2D eigenvalue weighted by Gasteiger charge is -2.10. The lowest BCUT2D eigenvalue weighted by atomic mass is 10.2. The molecular weight excluding hydrogens is 386 g/mol. The van der Waals surface area contributed by atoms with Crippen molar-refractivity contribution in [1.82, 2.24) is 0 Å². The maximum Gasteiger partial charge on any atom is 0.341 e. The molecule has 2 aromatic rings. The fraction of sp³-hybridized carbons (Fsp3) is 0.200. The second-order valence-electron chi connectivity index (χ2n) is 5.50. The molecule has 0 saturated carbocycles. The first-order valence-corrected chi connectivity index (χ1v) is 9.58. The number of nitrogens with two attached hydrogens (primary N) is 1. The second-order valence-corrected chi connectivity index (χ2v) is 6.38. The summed E-state index contributed by atoms with van der Waals surface area (Å²) in [6.07, 6.45) is 4.12. The molecule has 0 aliphatic heterocycles. The van der Waals surface area contributed by atoms with Crippen molar-refractivity contribution >= 4 is 29.6 Å². The number of rotatable bonds is 8. The molecule has 8 heteroatoms. The number of benzene rings is 2. The van der Waals surface area contributed by atoms with E-state index in [1.165, 1.54) is 42.2 Å². The van der Waals surface area contributed by atoms with Crippen molar-refractivity contribution in [3.05, 3.63) is 65.4 Å². The standard InChI is InChI=1S/C20H20F2N2O3S/c1-3-26-20(25)14(10-23)11-24-18-5-4-15(21)9-19(18)27-12-13-6-16(22)8-17(7-13)28-2/h4-11H,3,12,23H2,1-2H3/b14-10+,24-11?. The fourth-order valence-electron chi connectivity index (χ4n) is 2.21. The second kappa shape index (κ2) is 10.5. The first kappa shape index (κ1) is 21.4. The molecule has 0 fully saturated rings. The molecule has 148 valence electrons. The summed E-state index contributed by atoms with van der Waals surface area (Å²) in [5.41, 5.74) is 6.35. The number of carbonyl (C=O) groups excluding carboxylic acids is 1. The lowest BCUT2D eigenvalue weighted by molar-refractivity contribution is -0.137. The van der Waals surface area contributed by atoms with Crippen LogP contribution in [0.1, 0.15) is 12.5 Å². The highest BCUT2D eigenvalue weighted by molar-refractivity contribution is 7.98. The zero-order chi connectivity index (χ0) is 20.5. The highest BCUT2D eigenvalue weighted by atomic mass is 32.2. The Labute approximate surface area is 166 Å². The van der Waals surface area contributed by atoms with Gasteiger partial charge in [0.05, 0.1) is 12.2 Å². The molecule has 0 heterocycles. The van der Waals surface area contributed by atoms with E-state index in [0.29, 0.717) is 5.56 Å². The van der Waals surface area contributed by atoms with Gasteiger partial charge in [0.1, 0.15) is 29.7 Å². The van der Waals surface area contributed by atoms with Crippen molar-refractivity contribution in [2.24, 2.45) is 10.7 Å². The average molecular weight is 406 g/mol. The van der Waals surface area contributed by atoms with E-state index in [1.54, 1.807) is 13.0 Å². The number of hydrogen-bond donors (Lipinski definition) is 1. The molecule has 0 aliphatic rings. The van der Waals surface area contributed by atoms with E-state index in [9.17, 15) is 13.6 Å². The zero-order valence-corrected chi connectivity index (χ0v) is 16.3. The van der Waals surface area contributed by atoms with E-state index < -0.39 is 11.8 Å². The molecule has 2 aromatic carbocycles. The Balaban J connectivity index is 2.21. The van der Waals surface area contributed by atoms with Crippen molar-refractivity contribution in [3.8, 4) is 5.75 Å². The third-order valence-corrected chi connectivity index (χ3v) is 4.22. The largest absolute Gasteiger partial charge is 0.487 e. The molecule has 0 aliphatic carbocycles. The van der Waals surface area contributed by atoms with Gasteiger partial charge >= 0.3 is 5.97 Å². The zero-order valence-electron chi connectivity index (χ0n) is 15.4. The third kappa shape index (κ3) is 6.09. The molecule has 0 unspecified atom stereocenters. The molecule has 0 saturated heterocycles. The molecule has 2 rings (SSSR count). The summed E-state index contributed by atoms with van der Waals surface area (Å²) >= 11 is 1.40. The summed E-state index contributed by atoms with van der Waals surface area (Å²) in [5.74, 6) is -1.37. The van der Waals surface area contributed by atoms with Crippen LogP contribution in [-0.2, 0) is 16.1 Å². The quantitative estimate of drug-likeness (QED) is 0.305. The number of carbonyl (C=O) groups is 1. The molecule has 0 amide bonds. The first-order valence-electron chi connectivity index (χ1n) is 8.35.